The Balaban J connectivity index is 1.06. The zero-order valence-electron chi connectivity index (χ0n) is 32.5. The molecule has 0 N–H and O–H groups in total. The summed E-state index contributed by atoms with van der Waals surface area (Å²) in [6, 6.07) is 56.0. The van der Waals surface area contributed by atoms with Crippen LogP contribution in [-0.2, 0) is 22.6 Å². The molecule has 6 aromatic carbocycles. The van der Waals surface area contributed by atoms with Gasteiger partial charge in [0.15, 0.2) is 0 Å². The Bertz CT molecular complexity index is 2260. The molecule has 0 atom stereocenters. The Morgan fingerprint density at radius 3 is 1.33 bits per heavy atom. The van der Waals surface area contributed by atoms with Crippen molar-refractivity contribution in [1.29, 1.82) is 5.26 Å². The van der Waals surface area contributed by atoms with E-state index < -0.39 is 16.1 Å². The van der Waals surface area contributed by atoms with E-state index in [9.17, 15) is 9.83 Å². The fourth-order valence-electron chi connectivity index (χ4n) is 8.64. The van der Waals surface area contributed by atoms with Crippen LogP contribution in [0.5, 0.6) is 0 Å². The summed E-state index contributed by atoms with van der Waals surface area (Å²) in [5, 5.41) is 12.4. The van der Waals surface area contributed by atoms with Crippen LogP contribution in [0.3, 0.4) is 0 Å². The number of hydrogen-bond acceptors (Lipinski definition) is 6. The minimum atomic E-state index is -4.20. The summed E-state index contributed by atoms with van der Waals surface area (Å²) in [5.74, 6) is -0.313. The minimum Gasteiger partial charge on any atom is -0.402 e. The zero-order valence-corrected chi connectivity index (χ0v) is 34.4. The molecule has 57 heavy (non-hydrogen) atoms. The maximum Gasteiger partial charge on any atom is 0.475 e. The molecular formula is C49H46NO5PSi. The number of benzene rings is 6. The summed E-state index contributed by atoms with van der Waals surface area (Å²) in [6.45, 7) is 6.68. The van der Waals surface area contributed by atoms with Crippen LogP contribution in [0, 0.1) is 11.3 Å². The van der Waals surface area contributed by atoms with Gasteiger partial charge < -0.3 is 4.43 Å². The van der Waals surface area contributed by atoms with Crippen molar-refractivity contribution >= 4 is 26.5 Å². The van der Waals surface area contributed by atoms with Gasteiger partial charge in [0.2, 0.25) is 0 Å². The summed E-state index contributed by atoms with van der Waals surface area (Å²) in [6.07, 6.45) is 1.64. The lowest BCUT2D eigenvalue weighted by Gasteiger charge is -2.43. The zero-order chi connectivity index (χ0) is 39.5. The fraction of sp³-hybridized carbons (Fsp3) is 0.204. The summed E-state index contributed by atoms with van der Waals surface area (Å²) in [4.78, 5) is 0. The lowest BCUT2D eigenvalue weighted by atomic mass is 9.98. The molecule has 0 amide bonds. The molecule has 8 rings (SSSR count). The molecule has 0 saturated heterocycles. The first-order valence-electron chi connectivity index (χ1n) is 19.5. The van der Waals surface area contributed by atoms with Gasteiger partial charge in [-0.25, -0.2) is 4.57 Å². The second-order valence-electron chi connectivity index (χ2n) is 15.6. The van der Waals surface area contributed by atoms with E-state index in [1.165, 1.54) is 0 Å². The molecular weight excluding hydrogens is 742 g/mol. The normalized spacial score (nSPS) is 14.1. The Morgan fingerprint density at radius 2 is 0.965 bits per heavy atom. The van der Waals surface area contributed by atoms with Crippen LogP contribution < -0.4 is 10.4 Å². The number of fused-ring (bicyclic) bond motifs is 6. The smallest absolute Gasteiger partial charge is 0.402 e. The van der Waals surface area contributed by atoms with Crippen molar-refractivity contribution in [1.82, 2.24) is 0 Å². The molecule has 0 spiro atoms. The summed E-state index contributed by atoms with van der Waals surface area (Å²) >= 11 is 0. The van der Waals surface area contributed by atoms with Gasteiger partial charge in [-0.15, -0.1) is 0 Å². The Hall–Kier alpha value is -5.16. The first-order valence-corrected chi connectivity index (χ1v) is 22.8. The highest BCUT2D eigenvalue weighted by atomic mass is 31.2. The third kappa shape index (κ3) is 7.54. The van der Waals surface area contributed by atoms with Gasteiger partial charge in [0, 0.05) is 11.8 Å². The first-order chi connectivity index (χ1) is 27.7. The second-order valence-corrected chi connectivity index (χ2v) is 21.6. The van der Waals surface area contributed by atoms with Gasteiger partial charge in [0.25, 0.3) is 8.32 Å². The molecule has 0 radical (unpaired) electrons. The van der Waals surface area contributed by atoms with Crippen molar-refractivity contribution in [2.45, 2.75) is 37.6 Å². The van der Waals surface area contributed by atoms with Crippen LogP contribution in [0.15, 0.2) is 169 Å². The molecule has 2 aliphatic carbocycles. The molecule has 0 aromatic heterocycles. The Labute approximate surface area is 337 Å². The van der Waals surface area contributed by atoms with Crippen LogP contribution in [-0.4, -0.2) is 34.7 Å². The number of phosphoric ester groups is 1. The summed E-state index contributed by atoms with van der Waals surface area (Å²) in [5.41, 5.74) is 9.35. The maximum atomic E-state index is 14.9. The summed E-state index contributed by atoms with van der Waals surface area (Å²) < 4.78 is 40.7. The third-order valence-corrected chi connectivity index (χ3v) is 17.7. The van der Waals surface area contributed by atoms with E-state index in [0.717, 1.165) is 54.9 Å². The van der Waals surface area contributed by atoms with Gasteiger partial charge >= 0.3 is 7.82 Å². The highest BCUT2D eigenvalue weighted by Gasteiger charge is 2.50. The Morgan fingerprint density at radius 1 is 0.596 bits per heavy atom. The molecule has 6 nitrogen and oxygen atoms in total. The maximum absolute atomic E-state index is 14.9. The van der Waals surface area contributed by atoms with Crippen LogP contribution >= 0.6 is 7.82 Å². The van der Waals surface area contributed by atoms with Gasteiger partial charge in [-0.3, -0.25) is 13.6 Å². The van der Waals surface area contributed by atoms with E-state index in [1.807, 2.05) is 84.9 Å². The number of phosphoric acid groups is 1. The second kappa shape index (κ2) is 16.4. The predicted octanol–water partition coefficient (Wildman–Crippen LogP) is 10.8. The van der Waals surface area contributed by atoms with Crippen molar-refractivity contribution in [3.63, 3.8) is 0 Å². The first kappa shape index (κ1) is 38.7. The highest BCUT2D eigenvalue weighted by molar-refractivity contribution is 7.48. The number of hydrogen-bond donors (Lipinski definition) is 0. The molecule has 0 heterocycles. The van der Waals surface area contributed by atoms with Gasteiger partial charge in [-0.1, -0.05) is 178 Å². The predicted molar refractivity (Wildman–Crippen MR) is 230 cm³/mol. The summed E-state index contributed by atoms with van der Waals surface area (Å²) in [7, 11) is -7.11. The third-order valence-electron chi connectivity index (χ3n) is 11.3. The van der Waals surface area contributed by atoms with E-state index in [-0.39, 0.29) is 43.3 Å². The van der Waals surface area contributed by atoms with Crippen molar-refractivity contribution in [2.75, 3.05) is 26.4 Å². The van der Waals surface area contributed by atoms with Crippen LogP contribution in [0.25, 0.3) is 22.3 Å². The van der Waals surface area contributed by atoms with Gasteiger partial charge in [-0.05, 0) is 66.0 Å². The molecule has 286 valence electrons. The fourth-order valence-corrected chi connectivity index (χ4v) is 14.3. The monoisotopic (exact) mass is 787 g/mol. The number of nitriles is 1. The minimum absolute atomic E-state index is 0.0600. The van der Waals surface area contributed by atoms with Crippen LogP contribution in [0.4, 0.5) is 0 Å². The molecule has 0 unspecified atom stereocenters. The number of rotatable bonds is 14. The highest BCUT2D eigenvalue weighted by Crippen LogP contribution is 2.55. The number of nitrogens with zero attached hydrogens (tertiary/aromatic N) is 1. The molecule has 8 heteroatoms. The van der Waals surface area contributed by atoms with Gasteiger partial charge in [-0.2, -0.15) is 5.26 Å². The lowest BCUT2D eigenvalue weighted by molar-refractivity contribution is 0.116. The van der Waals surface area contributed by atoms with E-state index in [0.29, 0.717) is 5.57 Å². The van der Waals surface area contributed by atoms with Crippen molar-refractivity contribution in [3.05, 3.63) is 192 Å². The van der Waals surface area contributed by atoms with Crippen molar-refractivity contribution in [3.8, 4) is 28.3 Å². The molecule has 0 saturated carbocycles. The molecule has 0 fully saturated rings. The average Bonchev–Trinajstić information content (AvgIpc) is 3.74. The quantitative estimate of drug-likeness (QED) is 0.0621. The van der Waals surface area contributed by atoms with Gasteiger partial charge in [0.05, 0.1) is 38.1 Å². The molecule has 0 aliphatic heterocycles. The van der Waals surface area contributed by atoms with E-state index in [4.69, 9.17) is 18.0 Å². The largest absolute Gasteiger partial charge is 0.475 e. The van der Waals surface area contributed by atoms with E-state index in [1.54, 1.807) is 6.08 Å². The van der Waals surface area contributed by atoms with Crippen LogP contribution in [0.1, 0.15) is 54.9 Å². The molecule has 0 bridgehead atoms. The average molecular weight is 788 g/mol. The molecule has 6 aromatic rings. The Kier molecular flexibility index (Phi) is 11.1. The molecule has 2 aliphatic rings. The van der Waals surface area contributed by atoms with Gasteiger partial charge in [0.1, 0.15) is 0 Å². The SMILES string of the molecule is CC(C)(C)[Si](OCC(C#N)=CCOP(=O)(OCC1c2ccccc2-c2ccccc21)OCC1c2ccccc2-c2ccccc21)(c1ccccc1)c1ccccc1. The van der Waals surface area contributed by atoms with Crippen LogP contribution in [0.2, 0.25) is 5.04 Å². The van der Waals surface area contributed by atoms with Crippen molar-refractivity contribution < 1.29 is 22.6 Å². The van der Waals surface area contributed by atoms with Crippen molar-refractivity contribution in [2.24, 2.45) is 0 Å². The standard InChI is InChI=1S/C49H46NO5PSi/c1-49(2,3)57(37-18-6-4-7-19-37,38-20-8-5-9-21-38)55-33-36(32-50)30-31-52-56(51,53-34-47-43-26-14-10-22-39(43)40-23-11-15-27-44(40)47)54-35-48-45-28-16-12-24-41(45)42-25-13-17-29-46(42)48/h4-30,47-48H,31,33-35H2,1-3H3. The van der Waals surface area contributed by atoms with E-state index >= 15 is 0 Å². The topological polar surface area (TPSA) is 77.8 Å². The van der Waals surface area contributed by atoms with E-state index in [2.05, 4.69) is 99.6 Å². The lowest BCUT2D eigenvalue weighted by Crippen LogP contribution is -2.66.